The van der Waals surface area contributed by atoms with Gasteiger partial charge in [-0.05, 0) is 6.92 Å². The van der Waals surface area contributed by atoms with E-state index in [1.165, 1.54) is 11.5 Å². The third kappa shape index (κ3) is 1.23. The SMILES string of the molecule is Cc1nn(C)c2c1NCC1CNCCN21. The van der Waals surface area contributed by atoms with Gasteiger partial charge in [0.2, 0.25) is 0 Å². The molecule has 1 atom stereocenters. The van der Waals surface area contributed by atoms with Gasteiger partial charge in [0.25, 0.3) is 0 Å². The largest absolute Gasteiger partial charge is 0.378 e. The van der Waals surface area contributed by atoms with Gasteiger partial charge in [0.1, 0.15) is 5.69 Å². The minimum Gasteiger partial charge on any atom is -0.378 e. The van der Waals surface area contributed by atoms with Crippen molar-refractivity contribution in [1.29, 1.82) is 0 Å². The predicted molar refractivity (Wildman–Crippen MR) is 60.4 cm³/mol. The fourth-order valence-electron chi connectivity index (χ4n) is 2.62. The highest BCUT2D eigenvalue weighted by atomic mass is 15.4. The molecule has 3 rings (SSSR count). The van der Waals surface area contributed by atoms with Gasteiger partial charge in [0, 0.05) is 33.2 Å². The van der Waals surface area contributed by atoms with Gasteiger partial charge in [-0.15, -0.1) is 0 Å². The summed E-state index contributed by atoms with van der Waals surface area (Å²) in [5.74, 6) is 1.25. The molecule has 0 bridgehead atoms. The highest BCUT2D eigenvalue weighted by Crippen LogP contribution is 2.33. The minimum absolute atomic E-state index is 0.570. The van der Waals surface area contributed by atoms with Gasteiger partial charge in [-0.2, -0.15) is 5.10 Å². The molecule has 0 radical (unpaired) electrons. The Morgan fingerprint density at radius 2 is 2.27 bits per heavy atom. The molecule has 2 aliphatic heterocycles. The van der Waals surface area contributed by atoms with E-state index in [2.05, 4.69) is 27.6 Å². The molecule has 1 aromatic heterocycles. The van der Waals surface area contributed by atoms with Gasteiger partial charge < -0.3 is 15.5 Å². The van der Waals surface area contributed by atoms with Crippen molar-refractivity contribution in [3.05, 3.63) is 5.69 Å². The van der Waals surface area contributed by atoms with Crippen molar-refractivity contribution >= 4 is 11.5 Å². The molecule has 0 amide bonds. The van der Waals surface area contributed by atoms with E-state index in [-0.39, 0.29) is 0 Å². The fraction of sp³-hybridized carbons (Fsp3) is 0.700. The molecule has 0 saturated carbocycles. The molecule has 2 N–H and O–H groups in total. The van der Waals surface area contributed by atoms with Crippen LogP contribution in [0.2, 0.25) is 0 Å². The van der Waals surface area contributed by atoms with E-state index in [0.717, 1.165) is 31.9 Å². The molecule has 0 spiro atoms. The van der Waals surface area contributed by atoms with Crippen LogP contribution < -0.4 is 15.5 Å². The van der Waals surface area contributed by atoms with Gasteiger partial charge in [-0.1, -0.05) is 0 Å². The second-order valence-corrected chi connectivity index (χ2v) is 4.34. The Kier molecular flexibility index (Phi) is 1.88. The lowest BCUT2D eigenvalue weighted by molar-refractivity contribution is 0.471. The Morgan fingerprint density at radius 3 is 3.13 bits per heavy atom. The van der Waals surface area contributed by atoms with Gasteiger partial charge in [-0.3, -0.25) is 4.68 Å². The average Bonchev–Trinajstić information content (AvgIpc) is 2.55. The maximum absolute atomic E-state index is 4.48. The average molecular weight is 207 g/mol. The van der Waals surface area contributed by atoms with E-state index < -0.39 is 0 Å². The first kappa shape index (κ1) is 9.03. The first-order valence-electron chi connectivity index (χ1n) is 5.52. The number of hydrogen-bond acceptors (Lipinski definition) is 4. The normalized spacial score (nSPS) is 24.4. The summed E-state index contributed by atoms with van der Waals surface area (Å²) in [7, 11) is 2.03. The molecule has 2 aliphatic rings. The molecular weight excluding hydrogens is 190 g/mol. The van der Waals surface area contributed by atoms with Crippen LogP contribution >= 0.6 is 0 Å². The topological polar surface area (TPSA) is 45.1 Å². The third-order valence-electron chi connectivity index (χ3n) is 3.33. The van der Waals surface area contributed by atoms with E-state index in [1.807, 2.05) is 11.7 Å². The highest BCUT2D eigenvalue weighted by molar-refractivity contribution is 5.72. The van der Waals surface area contributed by atoms with Gasteiger partial charge >= 0.3 is 0 Å². The molecule has 5 heteroatoms. The Balaban J connectivity index is 2.05. The molecule has 1 saturated heterocycles. The van der Waals surface area contributed by atoms with Crippen molar-refractivity contribution < 1.29 is 0 Å². The summed E-state index contributed by atoms with van der Waals surface area (Å²) >= 11 is 0. The summed E-state index contributed by atoms with van der Waals surface area (Å²) in [6.07, 6.45) is 0. The summed E-state index contributed by atoms with van der Waals surface area (Å²) in [5, 5.41) is 11.4. The van der Waals surface area contributed by atoms with Crippen molar-refractivity contribution in [3.8, 4) is 0 Å². The standard InChI is InChI=1S/C10H17N5/c1-7-9-10(14(2)13-7)15-4-3-11-5-8(15)6-12-9/h8,11-12H,3-6H2,1-2H3. The van der Waals surface area contributed by atoms with Gasteiger partial charge in [0.15, 0.2) is 5.82 Å². The number of anilines is 2. The zero-order valence-corrected chi connectivity index (χ0v) is 9.25. The number of nitrogens with one attached hydrogen (secondary N) is 2. The third-order valence-corrected chi connectivity index (χ3v) is 3.33. The maximum Gasteiger partial charge on any atom is 0.151 e. The number of rotatable bonds is 0. The smallest absolute Gasteiger partial charge is 0.151 e. The minimum atomic E-state index is 0.570. The van der Waals surface area contributed by atoms with Gasteiger partial charge in [-0.25, -0.2) is 0 Å². The Morgan fingerprint density at radius 1 is 1.40 bits per heavy atom. The zero-order valence-electron chi connectivity index (χ0n) is 9.25. The van der Waals surface area contributed by atoms with Crippen LogP contribution in [0, 0.1) is 6.92 Å². The molecule has 0 aliphatic carbocycles. The number of aryl methyl sites for hydroxylation is 2. The number of fused-ring (bicyclic) bond motifs is 3. The van der Waals surface area contributed by atoms with Crippen LogP contribution in [-0.4, -0.2) is 42.0 Å². The lowest BCUT2D eigenvalue weighted by atomic mass is 10.1. The lowest BCUT2D eigenvalue weighted by Crippen LogP contribution is -2.56. The molecular formula is C10H17N5. The van der Waals surface area contributed by atoms with Crippen molar-refractivity contribution in [2.24, 2.45) is 7.05 Å². The van der Waals surface area contributed by atoms with Crippen LogP contribution in [-0.2, 0) is 7.05 Å². The maximum atomic E-state index is 4.48. The molecule has 3 heterocycles. The quantitative estimate of drug-likeness (QED) is 0.625. The summed E-state index contributed by atoms with van der Waals surface area (Å²) < 4.78 is 2.00. The first-order chi connectivity index (χ1) is 7.27. The van der Waals surface area contributed by atoms with Gasteiger partial charge in [0.05, 0.1) is 11.7 Å². The fourth-order valence-corrected chi connectivity index (χ4v) is 2.62. The number of piperazine rings is 1. The molecule has 0 aromatic carbocycles. The second-order valence-electron chi connectivity index (χ2n) is 4.34. The number of aromatic nitrogens is 2. The predicted octanol–water partition coefficient (Wildman–Crippen LogP) is -0.0678. The van der Waals surface area contributed by atoms with Crippen molar-refractivity contribution in [1.82, 2.24) is 15.1 Å². The molecule has 5 nitrogen and oxygen atoms in total. The van der Waals surface area contributed by atoms with Crippen molar-refractivity contribution in [2.75, 3.05) is 36.4 Å². The van der Waals surface area contributed by atoms with E-state index in [4.69, 9.17) is 0 Å². The molecule has 1 fully saturated rings. The summed E-state index contributed by atoms with van der Waals surface area (Å²) in [4.78, 5) is 2.47. The van der Waals surface area contributed by atoms with E-state index in [1.54, 1.807) is 0 Å². The van der Waals surface area contributed by atoms with Crippen LogP contribution in [0.3, 0.4) is 0 Å². The van der Waals surface area contributed by atoms with E-state index >= 15 is 0 Å². The van der Waals surface area contributed by atoms with Crippen LogP contribution in [0.4, 0.5) is 11.5 Å². The molecule has 1 unspecified atom stereocenters. The van der Waals surface area contributed by atoms with Crippen molar-refractivity contribution in [2.45, 2.75) is 13.0 Å². The number of nitrogens with zero attached hydrogens (tertiary/aromatic N) is 3. The first-order valence-corrected chi connectivity index (χ1v) is 5.52. The Bertz CT molecular complexity index is 383. The van der Waals surface area contributed by atoms with E-state index in [0.29, 0.717) is 6.04 Å². The van der Waals surface area contributed by atoms with Crippen LogP contribution in [0.1, 0.15) is 5.69 Å². The molecule has 82 valence electrons. The zero-order chi connectivity index (χ0) is 10.4. The summed E-state index contributed by atoms with van der Waals surface area (Å²) in [6.45, 7) is 6.30. The highest BCUT2D eigenvalue weighted by Gasteiger charge is 2.31. The number of hydrogen-bond donors (Lipinski definition) is 2. The van der Waals surface area contributed by atoms with Crippen LogP contribution in [0.25, 0.3) is 0 Å². The molecule has 15 heavy (non-hydrogen) atoms. The van der Waals surface area contributed by atoms with Crippen molar-refractivity contribution in [3.63, 3.8) is 0 Å². The van der Waals surface area contributed by atoms with Crippen LogP contribution in [0.15, 0.2) is 0 Å². The Labute approximate surface area is 89.4 Å². The summed E-state index contributed by atoms with van der Waals surface area (Å²) in [6, 6.07) is 0.570. The van der Waals surface area contributed by atoms with E-state index in [9.17, 15) is 0 Å². The monoisotopic (exact) mass is 207 g/mol. The summed E-state index contributed by atoms with van der Waals surface area (Å²) in [5.41, 5.74) is 2.32. The lowest BCUT2D eigenvalue weighted by Gasteiger charge is -2.41. The Hall–Kier alpha value is -1.23. The van der Waals surface area contributed by atoms with Crippen LogP contribution in [0.5, 0.6) is 0 Å². The molecule has 1 aromatic rings. The second kappa shape index (κ2) is 3.13.